The molecule has 0 spiro atoms. The summed E-state index contributed by atoms with van der Waals surface area (Å²) in [5, 5.41) is 30.3. The van der Waals surface area contributed by atoms with Crippen LogP contribution in [0, 0.1) is 10.1 Å². The van der Waals surface area contributed by atoms with Gasteiger partial charge in [-0.15, -0.1) is 0 Å². The predicted molar refractivity (Wildman–Crippen MR) is 155 cm³/mol. The number of primary amides is 1. The summed E-state index contributed by atoms with van der Waals surface area (Å²) in [6.45, 7) is 4.68. The minimum atomic E-state index is -1.79. The molecule has 0 bridgehead atoms. The van der Waals surface area contributed by atoms with E-state index >= 15 is 0 Å². The summed E-state index contributed by atoms with van der Waals surface area (Å²) >= 11 is 0. The maximum Gasteiger partial charge on any atom is 0.395 e. The Morgan fingerprint density at radius 2 is 1.58 bits per heavy atom. The lowest BCUT2D eigenvalue weighted by Gasteiger charge is -2.35. The Hall–Kier alpha value is -5.59. The lowest BCUT2D eigenvalue weighted by atomic mass is 9.96. The van der Waals surface area contributed by atoms with Crippen LogP contribution in [0.3, 0.4) is 0 Å². The van der Waals surface area contributed by atoms with Crippen LogP contribution < -0.4 is 10.6 Å². The molecule has 224 valence electrons. The predicted octanol–water partition coefficient (Wildman–Crippen LogP) is 3.61. The molecule has 13 nitrogen and oxygen atoms in total. The highest BCUT2D eigenvalue weighted by molar-refractivity contribution is 6.39. The average Bonchev–Trinajstić information content (AvgIpc) is 2.97. The molecule has 0 radical (unpaired) electrons. The third kappa shape index (κ3) is 7.01. The van der Waals surface area contributed by atoms with Crippen LogP contribution in [0.4, 0.5) is 17.1 Å². The van der Waals surface area contributed by atoms with Crippen molar-refractivity contribution in [3.05, 3.63) is 99.1 Å². The molecule has 0 aliphatic rings. The number of carboxylic acid groups (broad SMARTS) is 2. The number of carbonyl (C=O) groups is 5. The molecule has 3 aromatic carbocycles. The lowest BCUT2D eigenvalue weighted by molar-refractivity contribution is -0.384. The number of anilines is 2. The first kappa shape index (κ1) is 31.9. The number of nitro benzene ring substituents is 1. The fraction of sp³-hybridized carbons (Fsp3) is 0.233. The summed E-state index contributed by atoms with van der Waals surface area (Å²) in [4.78, 5) is 74.6. The number of aryl methyl sites for hydroxylation is 1. The van der Waals surface area contributed by atoms with Crippen LogP contribution in [0.2, 0.25) is 0 Å². The molecule has 0 aliphatic heterocycles. The molecule has 0 unspecified atom stereocenters. The number of carbonyl (C=O) groups excluding carboxylic acids is 3. The zero-order chi connectivity index (χ0) is 32.0. The molecule has 2 atom stereocenters. The Bertz CT molecular complexity index is 1590. The smallest absolute Gasteiger partial charge is 0.395 e. The van der Waals surface area contributed by atoms with Crippen LogP contribution in [0.1, 0.15) is 53.9 Å². The number of non-ortho nitro benzene ring substituents is 1. The highest BCUT2D eigenvalue weighted by atomic mass is 16.6. The van der Waals surface area contributed by atoms with Gasteiger partial charge in [0.1, 0.15) is 6.04 Å². The summed E-state index contributed by atoms with van der Waals surface area (Å²) in [6.07, 6.45) is 0.247. The first-order valence-electron chi connectivity index (χ1n) is 13.1. The maximum absolute atomic E-state index is 12.9. The molecule has 0 saturated carbocycles. The van der Waals surface area contributed by atoms with Gasteiger partial charge in [0.2, 0.25) is 11.8 Å². The summed E-state index contributed by atoms with van der Waals surface area (Å²) in [5.74, 6) is -5.79. The topological polar surface area (TPSA) is 201 Å². The van der Waals surface area contributed by atoms with Crippen molar-refractivity contribution < 1.29 is 39.1 Å². The first-order valence-corrected chi connectivity index (χ1v) is 13.1. The normalized spacial score (nSPS) is 12.1. The molecule has 3 amide bonds. The Kier molecular flexibility index (Phi) is 9.94. The molecule has 0 aromatic heterocycles. The number of aliphatic carboxylic acids is 1. The molecule has 3 aromatic rings. The van der Waals surface area contributed by atoms with Crippen molar-refractivity contribution in [3.63, 3.8) is 0 Å². The lowest BCUT2D eigenvalue weighted by Crippen LogP contribution is -2.49. The van der Waals surface area contributed by atoms with Crippen molar-refractivity contribution in [1.82, 2.24) is 4.90 Å². The average molecular weight is 591 g/mol. The fourth-order valence-electron chi connectivity index (χ4n) is 4.92. The van der Waals surface area contributed by atoms with Gasteiger partial charge in [-0.05, 0) is 48.2 Å². The van der Waals surface area contributed by atoms with Crippen molar-refractivity contribution in [2.24, 2.45) is 5.73 Å². The molecule has 0 heterocycles. The molecule has 13 heteroatoms. The minimum absolute atomic E-state index is 0.0435. The van der Waals surface area contributed by atoms with Gasteiger partial charge in [0.05, 0.1) is 27.9 Å². The van der Waals surface area contributed by atoms with Gasteiger partial charge in [-0.1, -0.05) is 43.3 Å². The number of benzene rings is 3. The highest BCUT2D eigenvalue weighted by Gasteiger charge is 2.33. The van der Waals surface area contributed by atoms with Gasteiger partial charge in [0.15, 0.2) is 0 Å². The van der Waals surface area contributed by atoms with Gasteiger partial charge in [0.25, 0.3) is 5.69 Å². The molecule has 0 aliphatic carbocycles. The summed E-state index contributed by atoms with van der Waals surface area (Å²) in [5.41, 5.74) is 6.86. The zero-order valence-corrected chi connectivity index (χ0v) is 23.6. The third-order valence-electron chi connectivity index (χ3n) is 6.99. The molecular formula is C30H30N4O9. The monoisotopic (exact) mass is 590 g/mol. The molecule has 0 fully saturated rings. The number of hydrogen-bond acceptors (Lipinski definition) is 7. The van der Waals surface area contributed by atoms with Gasteiger partial charge in [0, 0.05) is 25.5 Å². The van der Waals surface area contributed by atoms with E-state index in [1.165, 1.54) is 72.5 Å². The van der Waals surface area contributed by atoms with Gasteiger partial charge >= 0.3 is 17.8 Å². The maximum atomic E-state index is 12.9. The van der Waals surface area contributed by atoms with Crippen molar-refractivity contribution in [2.45, 2.75) is 45.7 Å². The standard InChI is InChI=1S/C30H30N4O9/c1-4-20-15-19(9-14-24(20)33(28(37)30(40)41)25-8-6-5-7-23(25)29(38)39)16-26(27(31)36)32(18(3)35)17(2)21-10-12-22(13-11-21)34(42)43/h5-15,17,26H,4,16H2,1-3H3,(H2,31,36)(H,38,39)(H,40,41)/t17-,26+/m1/s1. The van der Waals surface area contributed by atoms with Crippen molar-refractivity contribution in [1.29, 1.82) is 0 Å². The van der Waals surface area contributed by atoms with Gasteiger partial charge in [-0.2, -0.15) is 0 Å². The van der Waals surface area contributed by atoms with Gasteiger partial charge in [-0.3, -0.25) is 29.4 Å². The summed E-state index contributed by atoms with van der Waals surface area (Å²) in [7, 11) is 0. The van der Waals surface area contributed by atoms with E-state index in [0.29, 0.717) is 23.1 Å². The Balaban J connectivity index is 2.06. The van der Waals surface area contributed by atoms with Crippen molar-refractivity contribution in [2.75, 3.05) is 4.90 Å². The molecule has 43 heavy (non-hydrogen) atoms. The summed E-state index contributed by atoms with van der Waals surface area (Å²) in [6, 6.07) is 13.9. The quantitative estimate of drug-likeness (QED) is 0.169. The molecule has 4 N–H and O–H groups in total. The number of para-hydroxylation sites is 1. The number of nitrogens with two attached hydrogens (primary N) is 1. The van der Waals surface area contributed by atoms with Crippen LogP contribution in [0.5, 0.6) is 0 Å². The second-order valence-corrected chi connectivity index (χ2v) is 9.66. The number of amides is 3. The number of aromatic carboxylic acids is 1. The van der Waals surface area contributed by atoms with E-state index in [1.807, 2.05) is 0 Å². The van der Waals surface area contributed by atoms with Crippen molar-refractivity contribution >= 4 is 46.7 Å². The zero-order valence-electron chi connectivity index (χ0n) is 23.6. The first-order chi connectivity index (χ1) is 20.3. The van der Waals surface area contributed by atoms with E-state index in [-0.39, 0.29) is 29.0 Å². The number of hydrogen-bond donors (Lipinski definition) is 3. The largest absolute Gasteiger partial charge is 0.478 e. The molecular weight excluding hydrogens is 560 g/mol. The second kappa shape index (κ2) is 13.4. The highest BCUT2D eigenvalue weighted by Crippen LogP contribution is 2.34. The molecule has 0 saturated heterocycles. The minimum Gasteiger partial charge on any atom is -0.478 e. The van der Waals surface area contributed by atoms with Crippen LogP contribution in [-0.2, 0) is 32.0 Å². The van der Waals surface area contributed by atoms with E-state index in [0.717, 1.165) is 4.90 Å². The van der Waals surface area contributed by atoms with E-state index in [1.54, 1.807) is 19.9 Å². The van der Waals surface area contributed by atoms with Crippen LogP contribution in [-0.4, -0.2) is 55.7 Å². The number of rotatable bonds is 11. The Morgan fingerprint density at radius 3 is 2.09 bits per heavy atom. The Morgan fingerprint density at radius 1 is 0.953 bits per heavy atom. The van der Waals surface area contributed by atoms with E-state index in [9.17, 15) is 44.3 Å². The fourth-order valence-corrected chi connectivity index (χ4v) is 4.92. The third-order valence-corrected chi connectivity index (χ3v) is 6.99. The van der Waals surface area contributed by atoms with Crippen LogP contribution >= 0.6 is 0 Å². The van der Waals surface area contributed by atoms with E-state index in [2.05, 4.69) is 0 Å². The van der Waals surface area contributed by atoms with Gasteiger partial charge < -0.3 is 20.8 Å². The van der Waals surface area contributed by atoms with E-state index in [4.69, 9.17) is 5.73 Å². The Labute approximate surface area is 246 Å². The van der Waals surface area contributed by atoms with Crippen molar-refractivity contribution in [3.8, 4) is 0 Å². The number of carboxylic acids is 2. The SMILES string of the molecule is CCc1cc(C[C@@H](C(N)=O)N(C(C)=O)[C@H](C)c2ccc([N+](=O)[O-])cc2)ccc1N(C(=O)C(=O)O)c1ccccc1C(=O)O. The van der Waals surface area contributed by atoms with Gasteiger partial charge in [-0.25, -0.2) is 9.59 Å². The second-order valence-electron chi connectivity index (χ2n) is 9.66. The van der Waals surface area contributed by atoms with Crippen LogP contribution in [0.15, 0.2) is 66.7 Å². The van der Waals surface area contributed by atoms with E-state index < -0.39 is 46.7 Å². The van der Waals surface area contributed by atoms with Crippen LogP contribution in [0.25, 0.3) is 0 Å². The number of nitrogens with zero attached hydrogens (tertiary/aromatic N) is 3. The summed E-state index contributed by atoms with van der Waals surface area (Å²) < 4.78 is 0. The number of nitro groups is 1. The molecule has 3 rings (SSSR count).